The van der Waals surface area contributed by atoms with Gasteiger partial charge in [-0.1, -0.05) is 35.6 Å². The lowest BCUT2D eigenvalue weighted by molar-refractivity contribution is -0.140. The van der Waals surface area contributed by atoms with E-state index in [-0.39, 0.29) is 30.1 Å². The summed E-state index contributed by atoms with van der Waals surface area (Å²) in [4.78, 5) is 41.7. The summed E-state index contributed by atoms with van der Waals surface area (Å²) in [5, 5.41) is 0.681. The number of aromatic amines is 1. The first-order valence-corrected chi connectivity index (χ1v) is 10.9. The van der Waals surface area contributed by atoms with Gasteiger partial charge in [-0.2, -0.15) is 0 Å². The highest BCUT2D eigenvalue weighted by molar-refractivity contribution is 7.22. The molecular weight excluding hydrogens is 398 g/mol. The van der Waals surface area contributed by atoms with Gasteiger partial charge in [0.25, 0.3) is 0 Å². The predicted octanol–water partition coefficient (Wildman–Crippen LogP) is 3.15. The van der Waals surface area contributed by atoms with E-state index >= 15 is 0 Å². The number of carbonyl (C=O) groups excluding carboxylic acids is 2. The summed E-state index contributed by atoms with van der Waals surface area (Å²) in [6.45, 7) is 1.69. The first-order valence-electron chi connectivity index (χ1n) is 10.0. The molecule has 0 spiro atoms. The van der Waals surface area contributed by atoms with Crippen molar-refractivity contribution in [2.75, 3.05) is 24.5 Å². The van der Waals surface area contributed by atoms with Gasteiger partial charge in [-0.15, -0.1) is 0 Å². The largest absolute Gasteiger partial charge is 0.342 e. The molecule has 0 bridgehead atoms. The van der Waals surface area contributed by atoms with Crippen molar-refractivity contribution in [1.82, 2.24) is 19.9 Å². The van der Waals surface area contributed by atoms with Crippen molar-refractivity contribution in [1.29, 1.82) is 0 Å². The number of rotatable bonds is 3. The number of thiazole rings is 1. The zero-order chi connectivity index (χ0) is 20.2. The number of hydrogen-bond donors (Lipinski definition) is 1. The molecule has 0 aliphatic carbocycles. The number of H-pyrrole nitrogens is 1. The highest BCUT2D eigenvalue weighted by Gasteiger charge is 2.42. The Bertz CT molecular complexity index is 1220. The maximum absolute atomic E-state index is 13.0. The number of likely N-dealkylation sites (tertiary alicyclic amines) is 1. The number of nitrogens with one attached hydrogen (secondary N) is 1. The zero-order valence-electron chi connectivity index (χ0n) is 16.1. The minimum Gasteiger partial charge on any atom is -0.342 e. The van der Waals surface area contributed by atoms with Crippen LogP contribution in [0.5, 0.6) is 0 Å². The maximum atomic E-state index is 13.0. The topological polar surface area (TPSA) is 82.2 Å². The fourth-order valence-electron chi connectivity index (χ4n) is 4.29. The molecule has 6 rings (SSSR count). The number of amides is 2. The number of benzene rings is 2. The number of imidazole rings is 1. The predicted molar refractivity (Wildman–Crippen MR) is 115 cm³/mol. The van der Waals surface area contributed by atoms with Crippen LogP contribution >= 0.6 is 11.3 Å². The number of fused-ring (bicyclic) bond motifs is 2. The van der Waals surface area contributed by atoms with Crippen LogP contribution in [0.15, 0.2) is 48.5 Å². The number of anilines is 1. The third-order valence-corrected chi connectivity index (χ3v) is 7.03. The molecule has 2 aliphatic rings. The Hall–Kier alpha value is -3.26. The highest BCUT2D eigenvalue weighted by atomic mass is 32.1. The quantitative estimate of drug-likeness (QED) is 0.555. The monoisotopic (exact) mass is 417 g/mol. The summed E-state index contributed by atoms with van der Waals surface area (Å²) in [7, 11) is 0. The fourth-order valence-corrected chi connectivity index (χ4v) is 5.28. The van der Waals surface area contributed by atoms with Gasteiger partial charge in [0.1, 0.15) is 5.82 Å². The molecule has 2 amide bonds. The lowest BCUT2D eigenvalue weighted by atomic mass is 9.96. The molecule has 2 aromatic carbocycles. The van der Waals surface area contributed by atoms with E-state index in [0.29, 0.717) is 24.8 Å². The van der Waals surface area contributed by atoms with Crippen molar-refractivity contribution in [2.45, 2.75) is 12.3 Å². The summed E-state index contributed by atoms with van der Waals surface area (Å²) in [5.41, 5.74) is 2.85. The van der Waals surface area contributed by atoms with Crippen molar-refractivity contribution in [2.24, 2.45) is 5.92 Å². The van der Waals surface area contributed by atoms with E-state index in [9.17, 15) is 9.59 Å². The van der Waals surface area contributed by atoms with Crippen molar-refractivity contribution in [3.8, 4) is 0 Å². The summed E-state index contributed by atoms with van der Waals surface area (Å²) < 4.78 is 1.05. The molecule has 2 saturated heterocycles. The summed E-state index contributed by atoms with van der Waals surface area (Å²) in [6, 6.07) is 15.8. The second-order valence-corrected chi connectivity index (χ2v) is 8.96. The van der Waals surface area contributed by atoms with Gasteiger partial charge >= 0.3 is 0 Å². The van der Waals surface area contributed by atoms with Crippen molar-refractivity contribution >= 4 is 49.5 Å². The Morgan fingerprint density at radius 2 is 1.77 bits per heavy atom. The van der Waals surface area contributed by atoms with E-state index in [4.69, 9.17) is 0 Å². The molecule has 8 heteroatoms. The molecule has 0 saturated carbocycles. The molecular formula is C22H19N5O2S. The molecule has 1 N–H and O–H groups in total. The maximum Gasteiger partial charge on any atom is 0.229 e. The van der Waals surface area contributed by atoms with Gasteiger partial charge in [0.2, 0.25) is 11.8 Å². The van der Waals surface area contributed by atoms with Gasteiger partial charge in [0, 0.05) is 26.1 Å². The number of nitrogens with zero attached hydrogens (tertiary/aromatic N) is 4. The van der Waals surface area contributed by atoms with Crippen molar-refractivity contribution in [3.63, 3.8) is 0 Å². The average molecular weight is 417 g/mol. The van der Waals surface area contributed by atoms with Crippen LogP contribution in [0.2, 0.25) is 0 Å². The third kappa shape index (κ3) is 2.79. The van der Waals surface area contributed by atoms with Crippen LogP contribution in [0.1, 0.15) is 18.2 Å². The third-order valence-electron chi connectivity index (χ3n) is 5.98. The number of para-hydroxylation sites is 3. The van der Waals surface area contributed by atoms with E-state index < -0.39 is 0 Å². The minimum atomic E-state index is -0.305. The van der Waals surface area contributed by atoms with E-state index in [1.807, 2.05) is 53.4 Å². The smallest absolute Gasteiger partial charge is 0.229 e. The molecule has 2 fully saturated rings. The molecule has 30 heavy (non-hydrogen) atoms. The van der Waals surface area contributed by atoms with Crippen LogP contribution in [0.4, 0.5) is 5.13 Å². The molecule has 1 unspecified atom stereocenters. The SMILES string of the molecule is O=C(C1CC(=O)N(c2nc3ccccc3s2)C1)N1CC(c2nc3ccccc3[nH]2)C1. The Morgan fingerprint density at radius 1 is 1.00 bits per heavy atom. The van der Waals surface area contributed by atoms with E-state index in [1.165, 1.54) is 11.3 Å². The highest BCUT2D eigenvalue weighted by Crippen LogP contribution is 2.35. The van der Waals surface area contributed by atoms with Crippen LogP contribution in [-0.2, 0) is 9.59 Å². The van der Waals surface area contributed by atoms with E-state index in [1.54, 1.807) is 4.90 Å². The van der Waals surface area contributed by atoms with Gasteiger partial charge in [-0.3, -0.25) is 14.5 Å². The van der Waals surface area contributed by atoms with Crippen molar-refractivity contribution < 1.29 is 9.59 Å². The molecule has 2 aliphatic heterocycles. The minimum absolute atomic E-state index is 0.0261. The second kappa shape index (κ2) is 6.63. The van der Waals surface area contributed by atoms with E-state index in [2.05, 4.69) is 15.0 Å². The molecule has 4 aromatic rings. The number of hydrogen-bond acceptors (Lipinski definition) is 5. The average Bonchev–Trinajstić information content (AvgIpc) is 3.42. The van der Waals surface area contributed by atoms with Crippen molar-refractivity contribution in [3.05, 3.63) is 54.4 Å². The lowest BCUT2D eigenvalue weighted by Gasteiger charge is -2.39. The fraction of sp³-hybridized carbons (Fsp3) is 0.273. The normalized spacial score (nSPS) is 19.7. The molecule has 150 valence electrons. The van der Waals surface area contributed by atoms with Gasteiger partial charge < -0.3 is 9.88 Å². The molecule has 2 aromatic heterocycles. The lowest BCUT2D eigenvalue weighted by Crippen LogP contribution is -2.51. The zero-order valence-corrected chi connectivity index (χ0v) is 16.9. The second-order valence-electron chi connectivity index (χ2n) is 7.95. The van der Waals surface area contributed by atoms with Gasteiger partial charge in [0.05, 0.1) is 33.1 Å². The van der Waals surface area contributed by atoms with Crippen LogP contribution in [0, 0.1) is 5.92 Å². The molecule has 4 heterocycles. The van der Waals surface area contributed by atoms with Gasteiger partial charge in [-0.25, -0.2) is 9.97 Å². The summed E-state index contributed by atoms with van der Waals surface area (Å²) in [5.74, 6) is 0.875. The van der Waals surface area contributed by atoms with Crippen LogP contribution in [0.25, 0.3) is 21.3 Å². The number of aromatic nitrogens is 3. The summed E-state index contributed by atoms with van der Waals surface area (Å²) >= 11 is 1.50. The first kappa shape index (κ1) is 17.6. The Labute approximate surface area is 176 Å². The van der Waals surface area contributed by atoms with Crippen LogP contribution < -0.4 is 4.90 Å². The van der Waals surface area contributed by atoms with E-state index in [0.717, 1.165) is 27.1 Å². The van der Waals surface area contributed by atoms with Crippen LogP contribution in [0.3, 0.4) is 0 Å². The Morgan fingerprint density at radius 3 is 2.57 bits per heavy atom. The standard InChI is InChI=1S/C22H19N5O2S/c28-19-9-13(12-27(19)22-25-17-7-3-4-8-18(17)30-22)21(29)26-10-14(11-26)20-23-15-5-1-2-6-16(15)24-20/h1-8,13-14H,9-12H2,(H,23,24). The molecule has 1 atom stereocenters. The van der Waals surface area contributed by atoms with Gasteiger partial charge in [0.15, 0.2) is 5.13 Å². The summed E-state index contributed by atoms with van der Waals surface area (Å²) in [6.07, 6.45) is 0.251. The Kier molecular flexibility index (Phi) is 3.89. The molecule has 0 radical (unpaired) electrons. The van der Waals surface area contributed by atoms with Crippen LogP contribution in [-0.4, -0.2) is 51.3 Å². The first-order chi connectivity index (χ1) is 14.7. The van der Waals surface area contributed by atoms with Gasteiger partial charge in [-0.05, 0) is 24.3 Å². The Balaban J connectivity index is 1.13. The number of carbonyl (C=O) groups is 2. The molecule has 7 nitrogen and oxygen atoms in total.